The Morgan fingerprint density at radius 3 is 2.38 bits per heavy atom. The Kier molecular flexibility index (Phi) is 4.99. The van der Waals surface area contributed by atoms with Crippen molar-refractivity contribution in [2.24, 2.45) is 0 Å². The van der Waals surface area contributed by atoms with E-state index in [-0.39, 0.29) is 16.7 Å². The van der Waals surface area contributed by atoms with E-state index in [1.807, 2.05) is 0 Å². The van der Waals surface area contributed by atoms with Crippen LogP contribution in [-0.4, -0.2) is 30.2 Å². The lowest BCUT2D eigenvalue weighted by atomic mass is 9.82. The highest BCUT2D eigenvalue weighted by Crippen LogP contribution is 2.34. The molecular weight excluding hydrogens is 344 g/mol. The summed E-state index contributed by atoms with van der Waals surface area (Å²) in [5.74, 6) is -3.12. The fourth-order valence-electron chi connectivity index (χ4n) is 3.14. The number of carbonyl (C=O) groups is 2. The van der Waals surface area contributed by atoms with Crippen LogP contribution >= 0.6 is 0 Å². The van der Waals surface area contributed by atoms with E-state index in [1.165, 1.54) is 30.3 Å². The molecule has 1 amide bonds. The Morgan fingerprint density at radius 1 is 1.04 bits per heavy atom. The van der Waals surface area contributed by atoms with Crippen LogP contribution in [0.15, 0.2) is 42.5 Å². The number of benzene rings is 2. The van der Waals surface area contributed by atoms with Crippen LogP contribution in [0, 0.1) is 11.6 Å². The van der Waals surface area contributed by atoms with Gasteiger partial charge in [0.25, 0.3) is 5.91 Å². The van der Waals surface area contributed by atoms with E-state index in [4.69, 9.17) is 9.84 Å². The molecule has 7 heteroatoms. The molecule has 1 fully saturated rings. The lowest BCUT2D eigenvalue weighted by Gasteiger charge is -2.38. The summed E-state index contributed by atoms with van der Waals surface area (Å²) < 4.78 is 33.0. The number of hydrogen-bond donors (Lipinski definition) is 2. The van der Waals surface area contributed by atoms with Crippen LogP contribution in [0.2, 0.25) is 0 Å². The number of carboxylic acids is 1. The maximum absolute atomic E-state index is 14.4. The number of ether oxygens (including phenoxy) is 1. The molecule has 0 atom stereocenters. The van der Waals surface area contributed by atoms with Crippen LogP contribution in [0.4, 0.5) is 8.78 Å². The first kappa shape index (κ1) is 18.0. The molecule has 26 heavy (non-hydrogen) atoms. The molecule has 0 radical (unpaired) electrons. The van der Waals surface area contributed by atoms with Crippen molar-refractivity contribution >= 4 is 11.9 Å². The van der Waals surface area contributed by atoms with Gasteiger partial charge in [0.15, 0.2) is 0 Å². The highest BCUT2D eigenvalue weighted by molar-refractivity contribution is 5.97. The average molecular weight is 361 g/mol. The molecule has 5 nitrogen and oxygen atoms in total. The molecule has 1 aliphatic rings. The van der Waals surface area contributed by atoms with Crippen molar-refractivity contribution in [3.05, 3.63) is 70.8 Å². The van der Waals surface area contributed by atoms with Crippen molar-refractivity contribution in [2.45, 2.75) is 18.4 Å². The van der Waals surface area contributed by atoms with E-state index in [9.17, 15) is 18.4 Å². The summed E-state index contributed by atoms with van der Waals surface area (Å²) in [5, 5.41) is 11.9. The summed E-state index contributed by atoms with van der Waals surface area (Å²) in [6, 6.07) is 8.83. The molecule has 2 N–H and O–H groups in total. The van der Waals surface area contributed by atoms with Crippen LogP contribution < -0.4 is 5.32 Å². The number of halogens is 2. The Morgan fingerprint density at radius 2 is 1.73 bits per heavy atom. The molecule has 2 aromatic carbocycles. The quantitative estimate of drug-likeness (QED) is 0.877. The van der Waals surface area contributed by atoms with Crippen molar-refractivity contribution in [1.82, 2.24) is 5.32 Å². The molecule has 2 aromatic rings. The second-order valence-electron chi connectivity index (χ2n) is 6.16. The minimum atomic E-state index is -1.15. The highest BCUT2D eigenvalue weighted by Gasteiger charge is 2.38. The fraction of sp³-hybridized carbons (Fsp3) is 0.263. The van der Waals surface area contributed by atoms with Crippen LogP contribution in [0.3, 0.4) is 0 Å². The van der Waals surface area contributed by atoms with E-state index in [0.717, 1.165) is 12.1 Å². The molecule has 0 saturated carbocycles. The van der Waals surface area contributed by atoms with E-state index < -0.39 is 29.0 Å². The Bertz CT molecular complexity index is 847. The van der Waals surface area contributed by atoms with Gasteiger partial charge >= 0.3 is 5.97 Å². The molecule has 1 saturated heterocycles. The van der Waals surface area contributed by atoms with Gasteiger partial charge in [-0.25, -0.2) is 13.6 Å². The number of rotatable bonds is 4. The van der Waals surface area contributed by atoms with Gasteiger partial charge in [0.2, 0.25) is 0 Å². The summed E-state index contributed by atoms with van der Waals surface area (Å²) >= 11 is 0. The second kappa shape index (κ2) is 7.21. The number of carboxylic acid groups (broad SMARTS) is 1. The summed E-state index contributed by atoms with van der Waals surface area (Å²) in [6.07, 6.45) is 0.639. The van der Waals surface area contributed by atoms with E-state index >= 15 is 0 Å². The maximum Gasteiger partial charge on any atom is 0.335 e. The predicted molar refractivity (Wildman–Crippen MR) is 89.0 cm³/mol. The number of nitrogens with one attached hydrogen (secondary N) is 1. The monoisotopic (exact) mass is 361 g/mol. The summed E-state index contributed by atoms with van der Waals surface area (Å²) in [5.41, 5.74) is -0.735. The number of amides is 1. The molecule has 136 valence electrons. The van der Waals surface area contributed by atoms with Crippen molar-refractivity contribution in [3.8, 4) is 0 Å². The molecule has 0 bridgehead atoms. The Balaban J connectivity index is 1.95. The molecule has 3 rings (SSSR count). The van der Waals surface area contributed by atoms with Gasteiger partial charge in [-0.1, -0.05) is 12.1 Å². The van der Waals surface area contributed by atoms with Crippen LogP contribution in [0.1, 0.15) is 39.1 Å². The molecule has 1 aliphatic heterocycles. The number of aromatic carboxylic acids is 1. The zero-order chi connectivity index (χ0) is 18.7. The van der Waals surface area contributed by atoms with Crippen molar-refractivity contribution in [1.29, 1.82) is 0 Å². The summed E-state index contributed by atoms with van der Waals surface area (Å²) in [4.78, 5) is 23.8. The van der Waals surface area contributed by atoms with Crippen molar-refractivity contribution < 1.29 is 28.2 Å². The van der Waals surface area contributed by atoms with Gasteiger partial charge in [-0.15, -0.1) is 0 Å². The lowest BCUT2D eigenvalue weighted by Crippen LogP contribution is -2.50. The largest absolute Gasteiger partial charge is 0.478 e. The minimum Gasteiger partial charge on any atom is -0.478 e. The van der Waals surface area contributed by atoms with E-state index in [1.54, 1.807) is 0 Å². The maximum atomic E-state index is 14.4. The van der Waals surface area contributed by atoms with Crippen LogP contribution in [-0.2, 0) is 10.3 Å². The highest BCUT2D eigenvalue weighted by atomic mass is 19.1. The van der Waals surface area contributed by atoms with Gasteiger partial charge in [0.05, 0.1) is 11.1 Å². The van der Waals surface area contributed by atoms with Crippen LogP contribution in [0.5, 0.6) is 0 Å². The Hall–Kier alpha value is -2.80. The second-order valence-corrected chi connectivity index (χ2v) is 6.16. The molecule has 0 aromatic heterocycles. The van der Waals surface area contributed by atoms with Gasteiger partial charge < -0.3 is 15.2 Å². The molecule has 0 unspecified atom stereocenters. The smallest absolute Gasteiger partial charge is 0.335 e. The van der Waals surface area contributed by atoms with E-state index in [0.29, 0.717) is 26.1 Å². The topological polar surface area (TPSA) is 75.6 Å². The fourth-order valence-corrected chi connectivity index (χ4v) is 3.14. The minimum absolute atomic E-state index is 0.0216. The normalized spacial score (nSPS) is 16.1. The van der Waals surface area contributed by atoms with Gasteiger partial charge in [-0.05, 0) is 37.1 Å². The van der Waals surface area contributed by atoms with Crippen LogP contribution in [0.25, 0.3) is 0 Å². The standard InChI is InChI=1S/C19H17F2NO4/c20-14-4-5-15(16(21)11-14)19(6-8-26-9-7-19)22-17(23)12-2-1-3-13(10-12)18(24)25/h1-5,10-11H,6-9H2,(H,22,23)(H,24,25). The first-order valence-electron chi connectivity index (χ1n) is 8.10. The van der Waals surface area contributed by atoms with Gasteiger partial charge in [-0.2, -0.15) is 0 Å². The molecule has 0 aliphatic carbocycles. The van der Waals surface area contributed by atoms with Gasteiger partial charge in [0, 0.05) is 30.4 Å². The third kappa shape index (κ3) is 3.57. The molecule has 1 heterocycles. The third-order valence-corrected chi connectivity index (χ3v) is 4.52. The predicted octanol–water partition coefficient (Wildman–Crippen LogP) is 3.10. The SMILES string of the molecule is O=C(O)c1cccc(C(=O)NC2(c3ccc(F)cc3F)CCOCC2)c1. The average Bonchev–Trinajstić information content (AvgIpc) is 2.62. The third-order valence-electron chi connectivity index (χ3n) is 4.52. The Labute approximate surface area is 148 Å². The molecular formula is C19H17F2NO4. The van der Waals surface area contributed by atoms with E-state index in [2.05, 4.69) is 5.32 Å². The number of hydrogen-bond acceptors (Lipinski definition) is 3. The lowest BCUT2D eigenvalue weighted by molar-refractivity contribution is 0.0333. The van der Waals surface area contributed by atoms with Gasteiger partial charge in [-0.3, -0.25) is 4.79 Å². The van der Waals surface area contributed by atoms with Crippen molar-refractivity contribution in [2.75, 3.05) is 13.2 Å². The summed E-state index contributed by atoms with van der Waals surface area (Å²) in [6.45, 7) is 0.624. The first-order valence-corrected chi connectivity index (χ1v) is 8.10. The van der Waals surface area contributed by atoms with Gasteiger partial charge in [0.1, 0.15) is 11.6 Å². The first-order chi connectivity index (χ1) is 12.4. The summed E-state index contributed by atoms with van der Waals surface area (Å²) in [7, 11) is 0. The molecule has 0 spiro atoms. The van der Waals surface area contributed by atoms with Crippen molar-refractivity contribution in [3.63, 3.8) is 0 Å². The zero-order valence-electron chi connectivity index (χ0n) is 13.8. The zero-order valence-corrected chi connectivity index (χ0v) is 13.8. The number of carbonyl (C=O) groups excluding carboxylic acids is 1.